The second kappa shape index (κ2) is 9.89. The second-order valence-electron chi connectivity index (χ2n) is 7.89. The zero-order valence-electron chi connectivity index (χ0n) is 17.5. The van der Waals surface area contributed by atoms with Crippen LogP contribution in [0.15, 0.2) is 53.4 Å². The molecule has 0 saturated carbocycles. The minimum Gasteiger partial charge on any atom is -0.491 e. The molecule has 2 N–H and O–H groups in total. The Morgan fingerprint density at radius 2 is 1.66 bits per heavy atom. The van der Waals surface area contributed by atoms with Gasteiger partial charge in [-0.3, -0.25) is 4.79 Å². The molecule has 0 aliphatic carbocycles. The average molecular weight is 419 g/mol. The maximum atomic E-state index is 12.4. The van der Waals surface area contributed by atoms with E-state index in [-0.39, 0.29) is 29.2 Å². The normalized spacial score (nSPS) is 11.9. The molecule has 0 bridgehead atoms. The number of nitrogens with one attached hydrogen (secondary N) is 2. The Labute approximate surface area is 173 Å². The minimum absolute atomic E-state index is 0.0356. The van der Waals surface area contributed by atoms with Crippen LogP contribution < -0.4 is 14.8 Å². The van der Waals surface area contributed by atoms with E-state index in [2.05, 4.69) is 30.8 Å². The van der Waals surface area contributed by atoms with Gasteiger partial charge in [0.2, 0.25) is 15.9 Å². The van der Waals surface area contributed by atoms with Gasteiger partial charge in [-0.2, -0.15) is 0 Å². The third kappa shape index (κ3) is 7.18. The van der Waals surface area contributed by atoms with Gasteiger partial charge in [-0.25, -0.2) is 13.1 Å². The van der Waals surface area contributed by atoms with Crippen LogP contribution in [-0.2, 0) is 20.2 Å². The molecule has 6 nitrogen and oxygen atoms in total. The molecule has 29 heavy (non-hydrogen) atoms. The van der Waals surface area contributed by atoms with Crippen molar-refractivity contribution in [3.63, 3.8) is 0 Å². The van der Waals surface area contributed by atoms with Gasteiger partial charge >= 0.3 is 0 Å². The Morgan fingerprint density at radius 1 is 1.00 bits per heavy atom. The number of hydrogen-bond donors (Lipinski definition) is 2. The molecule has 2 aromatic carbocycles. The minimum atomic E-state index is -3.64. The van der Waals surface area contributed by atoms with Crippen molar-refractivity contribution >= 4 is 15.9 Å². The lowest BCUT2D eigenvalue weighted by molar-refractivity contribution is -0.121. The molecule has 0 aliphatic rings. The molecule has 0 fully saturated rings. The van der Waals surface area contributed by atoms with Crippen LogP contribution in [0.1, 0.15) is 38.3 Å². The number of benzene rings is 2. The molecule has 1 amide bonds. The Kier molecular flexibility index (Phi) is 7.81. The van der Waals surface area contributed by atoms with E-state index in [1.165, 1.54) is 0 Å². The fourth-order valence-electron chi connectivity index (χ4n) is 2.67. The zero-order chi connectivity index (χ0) is 21.5. The lowest BCUT2D eigenvalue weighted by Gasteiger charge is -2.19. The smallest absolute Gasteiger partial charge is 0.240 e. The number of carbonyl (C=O) groups excluding carboxylic acids is 1. The van der Waals surface area contributed by atoms with Crippen LogP contribution in [0.2, 0.25) is 0 Å². The van der Waals surface area contributed by atoms with Crippen LogP contribution in [0.4, 0.5) is 0 Å². The third-order valence-electron chi connectivity index (χ3n) is 4.45. The van der Waals surface area contributed by atoms with E-state index in [0.717, 1.165) is 16.9 Å². The summed E-state index contributed by atoms with van der Waals surface area (Å²) in [6, 6.07) is 14.5. The van der Waals surface area contributed by atoms with Crippen LogP contribution >= 0.6 is 0 Å². The first kappa shape index (κ1) is 22.9. The quantitative estimate of drug-likeness (QED) is 0.613. The lowest BCUT2D eigenvalue weighted by atomic mass is 9.87. The molecule has 0 aliphatic heterocycles. The first-order valence-corrected chi connectivity index (χ1v) is 11.1. The van der Waals surface area contributed by atoms with Crippen molar-refractivity contribution in [3.05, 3.63) is 59.7 Å². The van der Waals surface area contributed by atoms with Crippen molar-refractivity contribution in [2.24, 2.45) is 0 Å². The highest BCUT2D eigenvalue weighted by Crippen LogP contribution is 2.23. The van der Waals surface area contributed by atoms with E-state index in [4.69, 9.17) is 4.74 Å². The summed E-state index contributed by atoms with van der Waals surface area (Å²) in [7, 11) is -3.64. The lowest BCUT2D eigenvalue weighted by Crippen LogP contribution is -2.32. The van der Waals surface area contributed by atoms with Crippen LogP contribution in [0, 0.1) is 6.92 Å². The standard InChI is InChI=1S/C22H30N2O4S/c1-17-7-5-6-8-20(17)28-16-15-23-21(25)13-14-24-29(26,27)19-11-9-18(10-12-19)22(2,3)4/h5-12,24H,13-16H2,1-4H3,(H,23,25). The fraction of sp³-hybridized carbons (Fsp3) is 0.409. The summed E-state index contributed by atoms with van der Waals surface area (Å²) >= 11 is 0. The molecule has 0 saturated heterocycles. The Bertz CT molecular complexity index is 917. The Balaban J connectivity index is 1.72. The molecule has 158 valence electrons. The average Bonchev–Trinajstić information content (AvgIpc) is 2.66. The van der Waals surface area contributed by atoms with Crippen LogP contribution in [0.5, 0.6) is 5.75 Å². The Hall–Kier alpha value is -2.38. The maximum Gasteiger partial charge on any atom is 0.240 e. The molecule has 0 atom stereocenters. The SMILES string of the molecule is Cc1ccccc1OCCNC(=O)CCNS(=O)(=O)c1ccc(C(C)(C)C)cc1. The topological polar surface area (TPSA) is 84.5 Å². The van der Waals surface area contributed by atoms with E-state index in [1.54, 1.807) is 12.1 Å². The summed E-state index contributed by atoms with van der Waals surface area (Å²) < 4.78 is 32.8. The van der Waals surface area contributed by atoms with E-state index in [9.17, 15) is 13.2 Å². The predicted octanol–water partition coefficient (Wildman–Crippen LogP) is 3.16. The molecule has 0 heterocycles. The summed E-state index contributed by atoms with van der Waals surface area (Å²) in [6.45, 7) is 8.90. The maximum absolute atomic E-state index is 12.4. The molecule has 0 aromatic heterocycles. The molecule has 0 spiro atoms. The summed E-state index contributed by atoms with van der Waals surface area (Å²) in [5.41, 5.74) is 2.05. The third-order valence-corrected chi connectivity index (χ3v) is 5.93. The molecular formula is C22H30N2O4S. The van der Waals surface area contributed by atoms with Crippen LogP contribution in [0.25, 0.3) is 0 Å². The van der Waals surface area contributed by atoms with Crippen molar-refractivity contribution in [3.8, 4) is 5.75 Å². The zero-order valence-corrected chi connectivity index (χ0v) is 18.3. The molecule has 2 rings (SSSR count). The number of sulfonamides is 1. The van der Waals surface area contributed by atoms with Crippen molar-refractivity contribution in [2.75, 3.05) is 19.7 Å². The van der Waals surface area contributed by atoms with Gasteiger partial charge < -0.3 is 10.1 Å². The molecule has 0 radical (unpaired) electrons. The first-order chi connectivity index (χ1) is 13.6. The second-order valence-corrected chi connectivity index (χ2v) is 9.65. The molecule has 2 aromatic rings. The van der Waals surface area contributed by atoms with Crippen molar-refractivity contribution < 1.29 is 17.9 Å². The van der Waals surface area contributed by atoms with Crippen molar-refractivity contribution in [1.82, 2.24) is 10.0 Å². The number of ether oxygens (including phenoxy) is 1. The van der Waals surface area contributed by atoms with Gasteiger partial charge in [-0.15, -0.1) is 0 Å². The summed E-state index contributed by atoms with van der Waals surface area (Å²) in [5.74, 6) is 0.552. The highest BCUT2D eigenvalue weighted by Gasteiger charge is 2.17. The number of hydrogen-bond acceptors (Lipinski definition) is 4. The van der Waals surface area contributed by atoms with Crippen molar-refractivity contribution in [1.29, 1.82) is 0 Å². The predicted molar refractivity (Wildman–Crippen MR) is 115 cm³/mol. The number of carbonyl (C=O) groups is 1. The van der Waals surface area contributed by atoms with Gasteiger partial charge in [-0.1, -0.05) is 51.1 Å². The number of rotatable bonds is 9. The number of aryl methyl sites for hydroxylation is 1. The van der Waals surface area contributed by atoms with Crippen LogP contribution in [0.3, 0.4) is 0 Å². The van der Waals surface area contributed by atoms with Gasteiger partial charge in [0.25, 0.3) is 0 Å². The number of amides is 1. The number of para-hydroxylation sites is 1. The van der Waals surface area contributed by atoms with Gasteiger partial charge in [0.1, 0.15) is 12.4 Å². The molecular weight excluding hydrogens is 388 g/mol. The first-order valence-electron chi connectivity index (χ1n) is 9.65. The molecule has 0 unspecified atom stereocenters. The Morgan fingerprint density at radius 3 is 2.28 bits per heavy atom. The van der Waals surface area contributed by atoms with Gasteiger partial charge in [0.05, 0.1) is 11.4 Å². The largest absolute Gasteiger partial charge is 0.491 e. The van der Waals surface area contributed by atoms with Crippen molar-refractivity contribution in [2.45, 2.75) is 44.4 Å². The summed E-state index contributed by atoms with van der Waals surface area (Å²) in [4.78, 5) is 12.1. The fourth-order valence-corrected chi connectivity index (χ4v) is 3.71. The van der Waals surface area contributed by atoms with E-state index < -0.39 is 10.0 Å². The monoisotopic (exact) mass is 418 g/mol. The highest BCUT2D eigenvalue weighted by molar-refractivity contribution is 7.89. The van der Waals surface area contributed by atoms with E-state index >= 15 is 0 Å². The van der Waals surface area contributed by atoms with Gasteiger partial charge in [-0.05, 0) is 41.7 Å². The van der Waals surface area contributed by atoms with Gasteiger partial charge in [0, 0.05) is 13.0 Å². The van der Waals surface area contributed by atoms with Crippen LogP contribution in [-0.4, -0.2) is 34.0 Å². The summed E-state index contributed by atoms with van der Waals surface area (Å²) in [6.07, 6.45) is 0.0592. The van der Waals surface area contributed by atoms with Gasteiger partial charge in [0.15, 0.2) is 0 Å². The molecule has 7 heteroatoms. The van der Waals surface area contributed by atoms with E-state index in [1.807, 2.05) is 43.3 Å². The highest BCUT2D eigenvalue weighted by atomic mass is 32.2. The summed E-state index contributed by atoms with van der Waals surface area (Å²) in [5, 5.41) is 2.72. The van der Waals surface area contributed by atoms with E-state index in [0.29, 0.717) is 13.2 Å².